The lowest BCUT2D eigenvalue weighted by Crippen LogP contribution is -2.48. The van der Waals surface area contributed by atoms with Gasteiger partial charge in [-0.25, -0.2) is 0 Å². The molecule has 0 saturated carbocycles. The van der Waals surface area contributed by atoms with Crippen LogP contribution in [-0.2, 0) is 0 Å². The molecule has 18 heavy (non-hydrogen) atoms. The Labute approximate surface area is 115 Å². The maximum Gasteiger partial charge on any atom is 0.0474 e. The second-order valence-electron chi connectivity index (χ2n) is 5.22. The highest BCUT2D eigenvalue weighted by molar-refractivity contribution is 8.00. The van der Waals surface area contributed by atoms with E-state index < -0.39 is 0 Å². The van der Waals surface area contributed by atoms with Gasteiger partial charge in [0, 0.05) is 36.2 Å². The van der Waals surface area contributed by atoms with Crippen LogP contribution >= 0.6 is 11.8 Å². The quantitative estimate of drug-likeness (QED) is 0.910. The number of benzene rings is 1. The van der Waals surface area contributed by atoms with Crippen molar-refractivity contribution in [2.24, 2.45) is 5.73 Å². The smallest absolute Gasteiger partial charge is 0.0474 e. The Balaban J connectivity index is 2.22. The molecule has 0 aliphatic carbocycles. The van der Waals surface area contributed by atoms with Crippen molar-refractivity contribution < 1.29 is 0 Å². The number of rotatable bonds is 3. The molecule has 0 amide bonds. The van der Waals surface area contributed by atoms with Gasteiger partial charge in [-0.05, 0) is 19.4 Å². The number of nitrogens with zero attached hydrogens (tertiary/aromatic N) is 1. The van der Waals surface area contributed by atoms with E-state index in [-0.39, 0.29) is 0 Å². The van der Waals surface area contributed by atoms with Gasteiger partial charge in [-0.1, -0.05) is 36.8 Å². The summed E-state index contributed by atoms with van der Waals surface area (Å²) in [4.78, 5) is 2.58. The Morgan fingerprint density at radius 3 is 2.89 bits per heavy atom. The molecule has 0 spiro atoms. The minimum atomic E-state index is 0.364. The van der Waals surface area contributed by atoms with Gasteiger partial charge in [0.15, 0.2) is 0 Å². The zero-order valence-electron chi connectivity index (χ0n) is 11.6. The van der Waals surface area contributed by atoms with Crippen molar-refractivity contribution in [3.63, 3.8) is 0 Å². The molecular weight excluding hydrogens is 240 g/mol. The van der Waals surface area contributed by atoms with Crippen LogP contribution in [-0.4, -0.2) is 35.0 Å². The lowest BCUT2D eigenvalue weighted by atomic mass is 10.0. The van der Waals surface area contributed by atoms with Gasteiger partial charge in [-0.15, -0.1) is 0 Å². The molecule has 100 valence electrons. The summed E-state index contributed by atoms with van der Waals surface area (Å²) in [6.07, 6.45) is 0. The summed E-state index contributed by atoms with van der Waals surface area (Å²) in [5.74, 6) is 1.22. The van der Waals surface area contributed by atoms with E-state index in [0.29, 0.717) is 23.9 Å². The molecule has 2 N–H and O–H groups in total. The predicted octanol–water partition coefficient (Wildman–Crippen LogP) is 2.82. The van der Waals surface area contributed by atoms with Crippen molar-refractivity contribution >= 4 is 11.8 Å². The minimum Gasteiger partial charge on any atom is -0.329 e. The van der Waals surface area contributed by atoms with E-state index in [1.807, 2.05) is 0 Å². The molecule has 1 aromatic rings. The SMILES string of the molecule is Cc1cccc(C(CN)N2CCSC(C)C2C)c1. The molecule has 2 rings (SSSR count). The van der Waals surface area contributed by atoms with Crippen LogP contribution in [0.25, 0.3) is 0 Å². The van der Waals surface area contributed by atoms with Gasteiger partial charge < -0.3 is 5.73 Å². The average Bonchev–Trinajstić information content (AvgIpc) is 2.35. The van der Waals surface area contributed by atoms with Gasteiger partial charge in [0.1, 0.15) is 0 Å². The second kappa shape index (κ2) is 6.09. The number of hydrogen-bond acceptors (Lipinski definition) is 3. The van der Waals surface area contributed by atoms with E-state index in [1.54, 1.807) is 0 Å². The fourth-order valence-corrected chi connectivity index (χ4v) is 3.86. The van der Waals surface area contributed by atoms with Crippen LogP contribution < -0.4 is 5.73 Å². The fourth-order valence-electron chi connectivity index (χ4n) is 2.74. The van der Waals surface area contributed by atoms with Crippen LogP contribution in [0.3, 0.4) is 0 Å². The molecule has 3 unspecified atom stereocenters. The highest BCUT2D eigenvalue weighted by Crippen LogP contribution is 2.31. The van der Waals surface area contributed by atoms with Crippen LogP contribution in [0.1, 0.15) is 31.0 Å². The van der Waals surface area contributed by atoms with E-state index in [4.69, 9.17) is 5.73 Å². The van der Waals surface area contributed by atoms with Crippen molar-refractivity contribution in [3.05, 3.63) is 35.4 Å². The first-order valence-electron chi connectivity index (χ1n) is 6.77. The predicted molar refractivity (Wildman–Crippen MR) is 81.1 cm³/mol. The van der Waals surface area contributed by atoms with Crippen LogP contribution in [0.15, 0.2) is 24.3 Å². The third-order valence-corrected chi connectivity index (χ3v) is 5.32. The molecule has 0 bridgehead atoms. The Hall–Kier alpha value is -0.510. The Morgan fingerprint density at radius 1 is 1.44 bits per heavy atom. The van der Waals surface area contributed by atoms with Gasteiger partial charge in [0.2, 0.25) is 0 Å². The van der Waals surface area contributed by atoms with Crippen LogP contribution in [0.5, 0.6) is 0 Å². The largest absolute Gasteiger partial charge is 0.329 e. The van der Waals surface area contributed by atoms with Gasteiger partial charge in [0.05, 0.1) is 0 Å². The first kappa shape index (κ1) is 13.9. The van der Waals surface area contributed by atoms with Crippen LogP contribution in [0.4, 0.5) is 0 Å². The van der Waals surface area contributed by atoms with E-state index >= 15 is 0 Å². The summed E-state index contributed by atoms with van der Waals surface area (Å²) >= 11 is 2.07. The first-order valence-corrected chi connectivity index (χ1v) is 7.82. The molecule has 1 aromatic carbocycles. The normalized spacial score (nSPS) is 27.1. The average molecular weight is 264 g/mol. The van der Waals surface area contributed by atoms with Crippen molar-refractivity contribution in [1.29, 1.82) is 0 Å². The maximum absolute atomic E-state index is 6.04. The maximum atomic E-state index is 6.04. The number of thioether (sulfide) groups is 1. The summed E-state index contributed by atoms with van der Waals surface area (Å²) in [5, 5.41) is 0.692. The monoisotopic (exact) mass is 264 g/mol. The Bertz CT molecular complexity index is 394. The van der Waals surface area contributed by atoms with Gasteiger partial charge >= 0.3 is 0 Å². The van der Waals surface area contributed by atoms with Gasteiger partial charge in [-0.3, -0.25) is 4.90 Å². The molecule has 2 nitrogen and oxygen atoms in total. The summed E-state index contributed by atoms with van der Waals surface area (Å²) in [6, 6.07) is 9.73. The third-order valence-electron chi connectivity index (χ3n) is 3.98. The Morgan fingerprint density at radius 2 is 2.22 bits per heavy atom. The molecule has 1 saturated heterocycles. The van der Waals surface area contributed by atoms with Crippen molar-refractivity contribution in [1.82, 2.24) is 4.90 Å². The Kier molecular flexibility index (Phi) is 4.71. The molecule has 1 fully saturated rings. The lowest BCUT2D eigenvalue weighted by Gasteiger charge is -2.42. The minimum absolute atomic E-state index is 0.364. The number of hydrogen-bond donors (Lipinski definition) is 1. The molecule has 1 aliphatic rings. The van der Waals surface area contributed by atoms with Gasteiger partial charge in [0.25, 0.3) is 0 Å². The van der Waals surface area contributed by atoms with E-state index in [2.05, 4.69) is 61.7 Å². The number of nitrogens with two attached hydrogens (primary N) is 1. The van der Waals surface area contributed by atoms with Crippen molar-refractivity contribution in [2.45, 2.75) is 38.1 Å². The highest BCUT2D eigenvalue weighted by atomic mass is 32.2. The topological polar surface area (TPSA) is 29.3 Å². The molecular formula is C15H24N2S. The molecule has 0 radical (unpaired) electrons. The fraction of sp³-hybridized carbons (Fsp3) is 0.600. The summed E-state index contributed by atoms with van der Waals surface area (Å²) < 4.78 is 0. The van der Waals surface area contributed by atoms with Gasteiger partial charge in [-0.2, -0.15) is 11.8 Å². The van der Waals surface area contributed by atoms with Crippen molar-refractivity contribution in [2.75, 3.05) is 18.8 Å². The summed E-state index contributed by atoms with van der Waals surface area (Å²) in [5.41, 5.74) is 8.73. The van der Waals surface area contributed by atoms with E-state index in [0.717, 1.165) is 6.54 Å². The zero-order valence-corrected chi connectivity index (χ0v) is 12.4. The standard InChI is InChI=1S/C15H24N2S/c1-11-5-4-6-14(9-11)15(10-16)17-7-8-18-13(3)12(17)2/h4-6,9,12-13,15H,7-8,10,16H2,1-3H3. The molecule has 1 heterocycles. The van der Waals surface area contributed by atoms with Crippen LogP contribution in [0, 0.1) is 6.92 Å². The third kappa shape index (κ3) is 2.90. The number of aryl methyl sites for hydroxylation is 1. The van der Waals surface area contributed by atoms with Crippen molar-refractivity contribution in [3.8, 4) is 0 Å². The van der Waals surface area contributed by atoms with E-state index in [9.17, 15) is 0 Å². The molecule has 1 aliphatic heterocycles. The summed E-state index contributed by atoms with van der Waals surface area (Å²) in [6.45, 7) is 8.65. The first-order chi connectivity index (χ1) is 8.63. The zero-order chi connectivity index (χ0) is 13.1. The lowest BCUT2D eigenvalue weighted by molar-refractivity contribution is 0.150. The summed E-state index contributed by atoms with van der Waals surface area (Å²) in [7, 11) is 0. The van der Waals surface area contributed by atoms with Crippen LogP contribution in [0.2, 0.25) is 0 Å². The second-order valence-corrected chi connectivity index (χ2v) is 6.71. The highest BCUT2D eigenvalue weighted by Gasteiger charge is 2.30. The molecule has 0 aromatic heterocycles. The van der Waals surface area contributed by atoms with E-state index in [1.165, 1.54) is 16.9 Å². The molecule has 3 heteroatoms. The molecule has 3 atom stereocenters.